The van der Waals surface area contributed by atoms with Gasteiger partial charge in [0.1, 0.15) is 0 Å². The molecule has 0 saturated carbocycles. The fraction of sp³-hybridized carbons (Fsp3) is 0.316. The summed E-state index contributed by atoms with van der Waals surface area (Å²) < 4.78 is 25.5. The number of anilines is 2. The molecule has 0 bridgehead atoms. The molecule has 0 saturated heterocycles. The van der Waals surface area contributed by atoms with E-state index in [2.05, 4.69) is 83.7 Å². The molecule has 2 aromatic heterocycles. The second-order valence-corrected chi connectivity index (χ2v) is 15.5. The molecule has 0 N–H and O–H groups in total. The first kappa shape index (κ1) is 38.3. The minimum absolute atomic E-state index is 0. The Morgan fingerprint density at radius 2 is 0.918 bits per heavy atom. The summed E-state index contributed by atoms with van der Waals surface area (Å²) >= 11 is 0. The predicted molar refractivity (Wildman–Crippen MR) is 205 cm³/mol. The number of benzene rings is 4. The molecule has 0 aliphatic carbocycles. The molecule has 4 aromatic carbocycles. The molecule has 252 valence electrons. The summed E-state index contributed by atoms with van der Waals surface area (Å²) in [4.78, 5) is 22.1. The first-order chi connectivity index (χ1) is 23.1. The van der Waals surface area contributed by atoms with Crippen LogP contribution in [-0.4, -0.2) is 68.6 Å². The van der Waals surface area contributed by atoms with Crippen molar-refractivity contribution in [1.29, 1.82) is 0 Å². The van der Waals surface area contributed by atoms with Crippen molar-refractivity contribution in [3.05, 3.63) is 108 Å². The summed E-state index contributed by atoms with van der Waals surface area (Å²) in [6, 6.07) is 31.5. The van der Waals surface area contributed by atoms with Crippen LogP contribution in [0.5, 0.6) is 0 Å². The summed E-state index contributed by atoms with van der Waals surface area (Å²) in [7, 11) is 1.65. The number of aromatic nitrogens is 4. The van der Waals surface area contributed by atoms with Gasteiger partial charge in [0.25, 0.3) is 0 Å². The van der Waals surface area contributed by atoms with E-state index >= 15 is 0 Å². The monoisotopic (exact) mass is 704 g/mol. The maximum Gasteiger partial charge on any atom is 2.00 e. The van der Waals surface area contributed by atoms with Gasteiger partial charge in [-0.05, 0) is 57.2 Å². The van der Waals surface area contributed by atoms with Crippen LogP contribution in [0.1, 0.15) is 38.8 Å². The fourth-order valence-corrected chi connectivity index (χ4v) is 7.80. The van der Waals surface area contributed by atoms with Crippen molar-refractivity contribution in [2.24, 2.45) is 11.8 Å². The summed E-state index contributed by atoms with van der Waals surface area (Å²) in [6.45, 7) is 10.7. The van der Waals surface area contributed by atoms with Gasteiger partial charge in [-0.1, -0.05) is 113 Å². The maximum atomic E-state index is 12.7. The van der Waals surface area contributed by atoms with Gasteiger partial charge in [-0.3, -0.25) is 8.42 Å². The molecule has 2 unspecified atom stereocenters. The molecule has 0 radical (unpaired) electrons. The number of para-hydroxylation sites is 6. The van der Waals surface area contributed by atoms with Crippen molar-refractivity contribution in [2.45, 2.75) is 49.5 Å². The van der Waals surface area contributed by atoms with Crippen LogP contribution < -0.4 is 19.8 Å². The van der Waals surface area contributed by atoms with Crippen LogP contribution in [0, 0.1) is 11.8 Å². The molecular weight excluding hydrogens is 661 g/mol. The Balaban J connectivity index is 0.000000216. The average molecular weight is 705 g/mol. The third-order valence-electron chi connectivity index (χ3n) is 7.69. The van der Waals surface area contributed by atoms with E-state index in [-0.39, 0.29) is 23.1 Å². The molecule has 2 heterocycles. The minimum atomic E-state index is -1.26. The summed E-state index contributed by atoms with van der Waals surface area (Å²) in [6.07, 6.45) is 0. The van der Waals surface area contributed by atoms with E-state index in [4.69, 9.17) is 0 Å². The molecule has 2 atom stereocenters. The Morgan fingerprint density at radius 1 is 0.571 bits per heavy atom. The summed E-state index contributed by atoms with van der Waals surface area (Å²) in [5.41, 5.74) is 7.56. The van der Waals surface area contributed by atoms with Crippen molar-refractivity contribution < 1.29 is 8.42 Å². The quantitative estimate of drug-likeness (QED) is 0.128. The van der Waals surface area contributed by atoms with Gasteiger partial charge in [0, 0.05) is 70.5 Å². The van der Waals surface area contributed by atoms with Crippen LogP contribution in [0.4, 0.5) is 11.4 Å². The van der Waals surface area contributed by atoms with Crippen LogP contribution in [0.3, 0.4) is 0 Å². The largest absolute Gasteiger partial charge is 2.00 e. The molecule has 6 rings (SSSR count). The molecule has 0 amide bonds. The van der Waals surface area contributed by atoms with Gasteiger partial charge in [0.15, 0.2) is 0 Å². The third-order valence-corrected chi connectivity index (χ3v) is 10.0. The van der Waals surface area contributed by atoms with Gasteiger partial charge in [-0.15, -0.1) is 0 Å². The van der Waals surface area contributed by atoms with E-state index in [1.54, 1.807) is 0 Å². The van der Waals surface area contributed by atoms with E-state index in [9.17, 15) is 8.42 Å². The first-order valence-electron chi connectivity index (χ1n) is 16.2. The molecular formula is C38H44MgN6O2S2. The second-order valence-electron chi connectivity index (χ2n) is 12.8. The predicted octanol–water partition coefficient (Wildman–Crippen LogP) is 6.80. The minimum Gasteiger partial charge on any atom is -0.428 e. The Morgan fingerprint density at radius 3 is 1.29 bits per heavy atom. The third kappa shape index (κ3) is 10.3. The van der Waals surface area contributed by atoms with E-state index in [0.717, 1.165) is 57.7 Å². The standard InChI is InChI=1S/2C19H22N3OS.Mg/c2*1-14(2)12-22(3)18-11-7-4-8-15(18)13-24(23)19-20-16-9-5-6-10-17(16)21-19;/h2*4-11,14H,12-13H2,1-3H3;/q2*-1;+2. The van der Waals surface area contributed by atoms with Gasteiger partial charge >= 0.3 is 23.1 Å². The van der Waals surface area contributed by atoms with Crippen LogP contribution >= 0.6 is 0 Å². The van der Waals surface area contributed by atoms with E-state index in [1.165, 1.54) is 0 Å². The first-order valence-corrected chi connectivity index (χ1v) is 18.9. The number of rotatable bonds is 12. The Kier molecular flexibility index (Phi) is 14.0. The van der Waals surface area contributed by atoms with Crippen molar-refractivity contribution in [3.8, 4) is 0 Å². The molecule has 11 heteroatoms. The van der Waals surface area contributed by atoms with Crippen LogP contribution in [-0.2, 0) is 33.1 Å². The zero-order valence-corrected chi connectivity index (χ0v) is 32.3. The second kappa shape index (κ2) is 17.9. The summed E-state index contributed by atoms with van der Waals surface area (Å²) in [5.74, 6) is 1.98. The van der Waals surface area contributed by atoms with Crippen LogP contribution in [0.2, 0.25) is 0 Å². The van der Waals surface area contributed by atoms with Gasteiger partial charge in [0.2, 0.25) is 0 Å². The Labute approximate surface area is 311 Å². The van der Waals surface area contributed by atoms with Gasteiger partial charge in [-0.2, -0.15) is 0 Å². The molecule has 0 fully saturated rings. The van der Waals surface area contributed by atoms with E-state index < -0.39 is 21.6 Å². The molecule has 49 heavy (non-hydrogen) atoms. The molecule has 6 aromatic rings. The number of imidazole rings is 2. The van der Waals surface area contributed by atoms with Gasteiger partial charge in [-0.25, -0.2) is 0 Å². The number of fused-ring (bicyclic) bond motifs is 2. The van der Waals surface area contributed by atoms with Crippen molar-refractivity contribution in [2.75, 3.05) is 37.0 Å². The van der Waals surface area contributed by atoms with Crippen molar-refractivity contribution in [1.82, 2.24) is 19.9 Å². The Hall–Kier alpha value is -3.51. The van der Waals surface area contributed by atoms with Gasteiger partial charge in [0.05, 0.1) is 11.5 Å². The maximum absolute atomic E-state index is 12.7. The summed E-state index contributed by atoms with van der Waals surface area (Å²) in [5, 5.41) is 0.829. The number of hydrogen-bond donors (Lipinski definition) is 0. The molecule has 0 spiro atoms. The normalized spacial score (nSPS) is 12.4. The van der Waals surface area contributed by atoms with E-state index in [0.29, 0.717) is 33.7 Å². The Bertz CT molecular complexity index is 1800. The smallest absolute Gasteiger partial charge is 0.428 e. The zero-order chi connectivity index (χ0) is 34.2. The van der Waals surface area contributed by atoms with Crippen molar-refractivity contribution >= 4 is 78.1 Å². The number of nitrogens with zero attached hydrogens (tertiary/aromatic N) is 6. The molecule has 0 aliphatic heterocycles. The molecule has 8 nitrogen and oxygen atoms in total. The van der Waals surface area contributed by atoms with E-state index in [1.807, 2.05) is 84.9 Å². The molecule has 0 aliphatic rings. The van der Waals surface area contributed by atoms with Crippen LogP contribution in [0.15, 0.2) is 107 Å². The topological polar surface area (TPSA) is 94.6 Å². The van der Waals surface area contributed by atoms with Crippen molar-refractivity contribution in [3.63, 3.8) is 0 Å². The number of hydrogen-bond acceptors (Lipinski definition) is 6. The SMILES string of the molecule is CC(C)CN(C)c1ccccc1CS(=O)c1nc2ccccc2[n-]1.CC(C)CN(C)c1ccccc1CS(=O)c1nc2ccccc2[n-]1.[Mg+2]. The fourth-order valence-electron chi connectivity index (χ4n) is 5.69. The zero-order valence-electron chi connectivity index (χ0n) is 29.2. The average Bonchev–Trinajstić information content (AvgIpc) is 3.70. The van der Waals surface area contributed by atoms with Gasteiger partial charge < -0.3 is 29.7 Å². The van der Waals surface area contributed by atoms with Crippen LogP contribution in [0.25, 0.3) is 22.1 Å².